The van der Waals surface area contributed by atoms with Gasteiger partial charge in [0.2, 0.25) is 5.82 Å². The van der Waals surface area contributed by atoms with Gasteiger partial charge >= 0.3 is 0 Å². The average Bonchev–Trinajstić information content (AvgIpc) is 3.21. The van der Waals surface area contributed by atoms with Gasteiger partial charge < -0.3 is 19.5 Å². The third-order valence-corrected chi connectivity index (χ3v) is 5.17. The smallest absolute Gasteiger partial charge is 0.289 e. The minimum Gasteiger partial charge on any atom is -0.444 e. The molecule has 0 unspecified atom stereocenters. The summed E-state index contributed by atoms with van der Waals surface area (Å²) >= 11 is 0. The Kier molecular flexibility index (Phi) is 5.46. The Hall–Kier alpha value is -2.48. The third-order valence-electron chi connectivity index (χ3n) is 5.17. The van der Waals surface area contributed by atoms with E-state index in [1.165, 1.54) is 0 Å². The van der Waals surface area contributed by atoms with Crippen LogP contribution in [-0.2, 0) is 6.54 Å². The van der Waals surface area contributed by atoms with Crippen LogP contribution in [0.5, 0.6) is 0 Å². The van der Waals surface area contributed by atoms with Crippen LogP contribution < -0.4 is 10.2 Å². The van der Waals surface area contributed by atoms with Gasteiger partial charge in [0.1, 0.15) is 11.6 Å². The van der Waals surface area contributed by atoms with Crippen molar-refractivity contribution in [1.82, 2.24) is 25.2 Å². The minimum atomic E-state index is -0.309. The van der Waals surface area contributed by atoms with Crippen molar-refractivity contribution in [1.29, 1.82) is 0 Å². The number of hydrogen-bond acceptors (Lipinski definition) is 7. The fraction of sp³-hybridized carbons (Fsp3) is 0.579. The van der Waals surface area contributed by atoms with Crippen molar-refractivity contribution in [3.8, 4) is 0 Å². The number of likely N-dealkylation sites (N-methyl/N-ethyl adjacent to an activating group) is 1. The fourth-order valence-corrected chi connectivity index (χ4v) is 3.36. The van der Waals surface area contributed by atoms with Gasteiger partial charge in [0.25, 0.3) is 5.91 Å². The van der Waals surface area contributed by atoms with E-state index in [9.17, 15) is 4.79 Å². The molecule has 0 aromatic carbocycles. The number of carbonyl (C=O) groups excluding carboxylic acids is 1. The first kappa shape index (κ1) is 19.3. The second-order valence-electron chi connectivity index (χ2n) is 7.36. The lowest BCUT2D eigenvalue weighted by atomic mass is 10.2. The monoisotopic (exact) mass is 372 g/mol. The van der Waals surface area contributed by atoms with Gasteiger partial charge in [-0.1, -0.05) is 0 Å². The molecule has 2 aromatic rings. The maximum absolute atomic E-state index is 12.6. The number of nitrogens with one attached hydrogen (secondary N) is 1. The molecule has 0 saturated carbocycles. The molecule has 1 aliphatic heterocycles. The zero-order valence-corrected chi connectivity index (χ0v) is 17.0. The van der Waals surface area contributed by atoms with Crippen LogP contribution >= 0.6 is 0 Å². The molecule has 3 rings (SSSR count). The predicted octanol–water partition coefficient (Wildman–Crippen LogP) is 1.77. The summed E-state index contributed by atoms with van der Waals surface area (Å²) in [6, 6.07) is 0.495. The normalized spacial score (nSPS) is 17.0. The van der Waals surface area contributed by atoms with Crippen LogP contribution in [0.1, 0.15) is 45.6 Å². The molecule has 1 aliphatic rings. The van der Waals surface area contributed by atoms with E-state index in [0.29, 0.717) is 17.7 Å². The third kappa shape index (κ3) is 4.10. The van der Waals surface area contributed by atoms with E-state index in [4.69, 9.17) is 4.42 Å². The van der Waals surface area contributed by atoms with Crippen molar-refractivity contribution in [3.05, 3.63) is 34.4 Å². The van der Waals surface area contributed by atoms with E-state index in [-0.39, 0.29) is 18.3 Å². The Morgan fingerprint density at radius 3 is 2.52 bits per heavy atom. The standard InChI is InChI=1S/C19H28N6O2/c1-11-12(2)22-17(19(26)20-9-16-13(3)21-14(4)27-16)23-18(11)25-8-7-15(10-25)24(5)6/h15H,7-10H2,1-6H3,(H,20,26)/t15-/m1/s1. The van der Waals surface area contributed by atoms with Gasteiger partial charge in [0.15, 0.2) is 5.89 Å². The summed E-state index contributed by atoms with van der Waals surface area (Å²) in [5.41, 5.74) is 2.62. The van der Waals surface area contributed by atoms with Gasteiger partial charge in [-0.2, -0.15) is 0 Å². The summed E-state index contributed by atoms with van der Waals surface area (Å²) in [7, 11) is 4.19. The maximum atomic E-state index is 12.6. The first-order valence-electron chi connectivity index (χ1n) is 9.24. The SMILES string of the molecule is Cc1nc(C)c(CNC(=O)c2nc(C)c(C)c(N3CC[C@@H](N(C)C)C3)n2)o1. The zero-order chi connectivity index (χ0) is 19.7. The van der Waals surface area contributed by atoms with Crippen LogP contribution in [-0.4, -0.2) is 59.0 Å². The lowest BCUT2D eigenvalue weighted by Gasteiger charge is -2.23. The number of nitrogens with zero attached hydrogens (tertiary/aromatic N) is 5. The van der Waals surface area contributed by atoms with Crippen molar-refractivity contribution in [3.63, 3.8) is 0 Å². The quantitative estimate of drug-likeness (QED) is 0.856. The molecular weight excluding hydrogens is 344 g/mol. The Morgan fingerprint density at radius 2 is 1.93 bits per heavy atom. The van der Waals surface area contributed by atoms with E-state index in [1.807, 2.05) is 20.8 Å². The van der Waals surface area contributed by atoms with E-state index < -0.39 is 0 Å². The highest BCUT2D eigenvalue weighted by Gasteiger charge is 2.27. The van der Waals surface area contributed by atoms with Crippen LogP contribution in [0.4, 0.5) is 5.82 Å². The van der Waals surface area contributed by atoms with E-state index >= 15 is 0 Å². The topological polar surface area (TPSA) is 87.4 Å². The van der Waals surface area contributed by atoms with Crippen molar-refractivity contribution < 1.29 is 9.21 Å². The number of anilines is 1. The van der Waals surface area contributed by atoms with Crippen molar-refractivity contribution >= 4 is 11.7 Å². The number of rotatable bonds is 5. The summed E-state index contributed by atoms with van der Waals surface area (Å²) in [6.07, 6.45) is 1.08. The molecule has 1 atom stereocenters. The largest absolute Gasteiger partial charge is 0.444 e. The average molecular weight is 372 g/mol. The van der Waals surface area contributed by atoms with Gasteiger partial charge in [0, 0.05) is 37.3 Å². The van der Waals surface area contributed by atoms with Crippen LogP contribution in [0.15, 0.2) is 4.42 Å². The van der Waals surface area contributed by atoms with E-state index in [1.54, 1.807) is 6.92 Å². The summed E-state index contributed by atoms with van der Waals surface area (Å²) in [6.45, 7) is 9.67. The molecule has 0 bridgehead atoms. The molecular formula is C19H28N6O2. The number of aromatic nitrogens is 3. The van der Waals surface area contributed by atoms with Gasteiger partial charge in [-0.3, -0.25) is 4.79 Å². The van der Waals surface area contributed by atoms with Crippen LogP contribution in [0.3, 0.4) is 0 Å². The molecule has 3 heterocycles. The highest BCUT2D eigenvalue weighted by molar-refractivity contribution is 5.90. The van der Waals surface area contributed by atoms with Crippen LogP contribution in [0.25, 0.3) is 0 Å². The molecule has 8 nitrogen and oxygen atoms in total. The minimum absolute atomic E-state index is 0.190. The summed E-state index contributed by atoms with van der Waals surface area (Å²) in [5.74, 6) is 1.97. The van der Waals surface area contributed by atoms with Crippen LogP contribution in [0, 0.1) is 27.7 Å². The van der Waals surface area contributed by atoms with Gasteiger partial charge in [0.05, 0.1) is 12.2 Å². The Bertz CT molecular complexity index is 845. The highest BCUT2D eigenvalue weighted by atomic mass is 16.4. The Labute approximate surface area is 160 Å². The molecule has 1 N–H and O–H groups in total. The molecule has 1 fully saturated rings. The molecule has 8 heteroatoms. The molecule has 0 aliphatic carbocycles. The molecule has 0 spiro atoms. The van der Waals surface area contributed by atoms with Gasteiger partial charge in [-0.15, -0.1) is 0 Å². The second-order valence-corrected chi connectivity index (χ2v) is 7.36. The number of oxazole rings is 1. The first-order chi connectivity index (χ1) is 12.8. The lowest BCUT2D eigenvalue weighted by molar-refractivity contribution is 0.0937. The van der Waals surface area contributed by atoms with Crippen molar-refractivity contribution in [2.45, 2.75) is 46.7 Å². The van der Waals surface area contributed by atoms with Gasteiger partial charge in [-0.25, -0.2) is 15.0 Å². The van der Waals surface area contributed by atoms with Crippen molar-refractivity contribution in [2.24, 2.45) is 0 Å². The van der Waals surface area contributed by atoms with Gasteiger partial charge in [-0.05, 0) is 41.3 Å². The van der Waals surface area contributed by atoms with Crippen LogP contribution in [0.2, 0.25) is 0 Å². The molecule has 146 valence electrons. The zero-order valence-electron chi connectivity index (χ0n) is 17.0. The molecule has 1 saturated heterocycles. The molecule has 2 aromatic heterocycles. The number of aryl methyl sites for hydroxylation is 3. The number of carbonyl (C=O) groups is 1. The lowest BCUT2D eigenvalue weighted by Crippen LogP contribution is -2.33. The predicted molar refractivity (Wildman–Crippen MR) is 103 cm³/mol. The number of hydrogen-bond donors (Lipinski definition) is 1. The number of amides is 1. The molecule has 1 amide bonds. The summed E-state index contributed by atoms with van der Waals surface area (Å²) < 4.78 is 5.50. The Balaban J connectivity index is 1.77. The van der Waals surface area contributed by atoms with E-state index in [0.717, 1.165) is 42.3 Å². The molecule has 27 heavy (non-hydrogen) atoms. The summed E-state index contributed by atoms with van der Waals surface area (Å²) in [5, 5.41) is 2.84. The second kappa shape index (κ2) is 7.64. The maximum Gasteiger partial charge on any atom is 0.289 e. The Morgan fingerprint density at radius 1 is 1.19 bits per heavy atom. The molecule has 0 radical (unpaired) electrons. The first-order valence-corrected chi connectivity index (χ1v) is 9.24. The fourth-order valence-electron chi connectivity index (χ4n) is 3.36. The highest BCUT2D eigenvalue weighted by Crippen LogP contribution is 2.25. The summed E-state index contributed by atoms with van der Waals surface area (Å²) in [4.78, 5) is 30.3. The van der Waals surface area contributed by atoms with E-state index in [2.05, 4.69) is 44.2 Å². The van der Waals surface area contributed by atoms with Crippen molar-refractivity contribution in [2.75, 3.05) is 32.1 Å².